The number of nitrogens with two attached hydrogens (primary N) is 1. The summed E-state index contributed by atoms with van der Waals surface area (Å²) >= 11 is 0. The quantitative estimate of drug-likeness (QED) is 0.742. The van der Waals surface area contributed by atoms with Crippen molar-refractivity contribution in [2.45, 2.75) is 12.2 Å². The number of nitrogens with zero attached hydrogens (tertiary/aromatic N) is 1. The first kappa shape index (κ1) is 10.6. The molecule has 0 fully saturated rings. The highest BCUT2D eigenvalue weighted by molar-refractivity contribution is 5.71. The minimum absolute atomic E-state index is 0.0723. The lowest BCUT2D eigenvalue weighted by Crippen LogP contribution is -2.28. The zero-order chi connectivity index (χ0) is 10.8. The van der Waals surface area contributed by atoms with E-state index in [0.29, 0.717) is 6.29 Å². The predicted octanol–water partition coefficient (Wildman–Crippen LogP) is 1.46. The van der Waals surface area contributed by atoms with Crippen LogP contribution in [-0.2, 0) is 0 Å². The number of aldehydes is 1. The van der Waals surface area contributed by atoms with Crippen molar-refractivity contribution in [3.8, 4) is 0 Å². The predicted molar refractivity (Wildman–Crippen MR) is 42.6 cm³/mol. The normalized spacial score (nSPS) is 13.7. The van der Waals surface area contributed by atoms with E-state index in [0.717, 1.165) is 12.3 Å². The molecule has 1 rings (SSSR count). The highest BCUT2D eigenvalue weighted by Gasteiger charge is 2.37. The summed E-state index contributed by atoms with van der Waals surface area (Å²) in [5, 5.41) is 0. The molecule has 14 heavy (non-hydrogen) atoms. The lowest BCUT2D eigenvalue weighted by Gasteiger charge is -2.15. The molecule has 6 heteroatoms. The molecule has 0 saturated carbocycles. The van der Waals surface area contributed by atoms with Crippen molar-refractivity contribution in [3.05, 3.63) is 29.6 Å². The zero-order valence-electron chi connectivity index (χ0n) is 6.95. The SMILES string of the molecule is N[C@@H](c1ccc(C=O)nc1)C(F)(F)F. The molecule has 1 aromatic heterocycles. The summed E-state index contributed by atoms with van der Waals surface area (Å²) in [4.78, 5) is 13.7. The molecule has 0 aromatic carbocycles. The Balaban J connectivity index is 2.92. The highest BCUT2D eigenvalue weighted by Crippen LogP contribution is 2.29. The van der Waals surface area contributed by atoms with Gasteiger partial charge in [0.15, 0.2) is 6.29 Å². The van der Waals surface area contributed by atoms with Gasteiger partial charge in [0.25, 0.3) is 0 Å². The average molecular weight is 204 g/mol. The number of rotatable bonds is 2. The number of carbonyl (C=O) groups is 1. The molecule has 0 unspecified atom stereocenters. The molecule has 1 atom stereocenters. The van der Waals surface area contributed by atoms with E-state index in [1.807, 2.05) is 0 Å². The first-order valence-corrected chi connectivity index (χ1v) is 3.68. The van der Waals surface area contributed by atoms with E-state index in [2.05, 4.69) is 4.98 Å². The molecule has 0 bridgehead atoms. The van der Waals surface area contributed by atoms with Crippen LogP contribution in [0.2, 0.25) is 0 Å². The maximum atomic E-state index is 12.1. The molecule has 0 aliphatic carbocycles. The van der Waals surface area contributed by atoms with Crippen LogP contribution >= 0.6 is 0 Å². The fourth-order valence-corrected chi connectivity index (χ4v) is 0.859. The van der Waals surface area contributed by atoms with Gasteiger partial charge in [0.05, 0.1) is 0 Å². The monoisotopic (exact) mass is 204 g/mol. The van der Waals surface area contributed by atoms with Gasteiger partial charge in [0.2, 0.25) is 0 Å². The van der Waals surface area contributed by atoms with Gasteiger partial charge < -0.3 is 5.73 Å². The molecule has 0 aliphatic rings. The van der Waals surface area contributed by atoms with Crippen LogP contribution in [0.25, 0.3) is 0 Å². The zero-order valence-corrected chi connectivity index (χ0v) is 6.95. The van der Waals surface area contributed by atoms with E-state index >= 15 is 0 Å². The van der Waals surface area contributed by atoms with Crippen molar-refractivity contribution in [2.24, 2.45) is 5.73 Å². The minimum atomic E-state index is -4.50. The summed E-state index contributed by atoms with van der Waals surface area (Å²) < 4.78 is 36.3. The first-order chi connectivity index (χ1) is 6.45. The van der Waals surface area contributed by atoms with Crippen LogP contribution in [0.3, 0.4) is 0 Å². The topological polar surface area (TPSA) is 56.0 Å². The van der Waals surface area contributed by atoms with Crippen molar-refractivity contribution in [3.63, 3.8) is 0 Å². The van der Waals surface area contributed by atoms with E-state index in [9.17, 15) is 18.0 Å². The molecule has 3 nitrogen and oxygen atoms in total. The Kier molecular flexibility index (Phi) is 2.85. The lowest BCUT2D eigenvalue weighted by molar-refractivity contribution is -0.149. The third-order valence-corrected chi connectivity index (χ3v) is 1.64. The summed E-state index contributed by atoms with van der Waals surface area (Å²) in [7, 11) is 0. The molecular weight excluding hydrogens is 197 g/mol. The van der Waals surface area contributed by atoms with Gasteiger partial charge in [-0.2, -0.15) is 13.2 Å². The van der Waals surface area contributed by atoms with Crippen molar-refractivity contribution >= 4 is 6.29 Å². The Bertz CT molecular complexity index is 320. The van der Waals surface area contributed by atoms with Gasteiger partial charge in [-0.25, -0.2) is 0 Å². The van der Waals surface area contributed by atoms with E-state index in [-0.39, 0.29) is 11.3 Å². The van der Waals surface area contributed by atoms with E-state index in [1.54, 1.807) is 0 Å². The molecule has 0 spiro atoms. The van der Waals surface area contributed by atoms with Crippen molar-refractivity contribution in [1.82, 2.24) is 4.98 Å². The smallest absolute Gasteiger partial charge is 0.316 e. The summed E-state index contributed by atoms with van der Waals surface area (Å²) in [6, 6.07) is 0.263. The molecule has 1 heterocycles. The average Bonchev–Trinajstić information content (AvgIpc) is 2.15. The van der Waals surface area contributed by atoms with Crippen LogP contribution in [0.15, 0.2) is 18.3 Å². The molecule has 1 aromatic rings. The standard InChI is InChI=1S/C8H7F3N2O/c9-8(10,11)7(12)5-1-2-6(4-14)13-3-5/h1-4,7H,12H2/t7-/m0/s1. The Morgan fingerprint density at radius 3 is 2.43 bits per heavy atom. The number of hydrogen-bond donors (Lipinski definition) is 1. The van der Waals surface area contributed by atoms with Crippen LogP contribution in [0.4, 0.5) is 13.2 Å². The van der Waals surface area contributed by atoms with Crippen LogP contribution in [-0.4, -0.2) is 17.4 Å². The van der Waals surface area contributed by atoms with Gasteiger partial charge in [-0.3, -0.25) is 9.78 Å². The molecule has 76 valence electrons. The Labute approximate surface area is 77.7 Å². The third-order valence-electron chi connectivity index (χ3n) is 1.64. The number of hydrogen-bond acceptors (Lipinski definition) is 3. The van der Waals surface area contributed by atoms with Gasteiger partial charge in [-0.1, -0.05) is 6.07 Å². The van der Waals surface area contributed by atoms with Crippen molar-refractivity contribution in [1.29, 1.82) is 0 Å². The fourth-order valence-electron chi connectivity index (χ4n) is 0.859. The van der Waals surface area contributed by atoms with Crippen LogP contribution in [0.5, 0.6) is 0 Å². The number of aromatic nitrogens is 1. The summed E-state index contributed by atoms with van der Waals surface area (Å²) in [5.41, 5.74) is 4.82. The molecule has 0 aliphatic heterocycles. The van der Waals surface area contributed by atoms with Crippen LogP contribution < -0.4 is 5.73 Å². The number of pyridine rings is 1. The number of alkyl halides is 3. The van der Waals surface area contributed by atoms with Gasteiger partial charge >= 0.3 is 6.18 Å². The second-order valence-electron chi connectivity index (χ2n) is 2.65. The van der Waals surface area contributed by atoms with Crippen LogP contribution in [0, 0.1) is 0 Å². The van der Waals surface area contributed by atoms with Crippen molar-refractivity contribution in [2.75, 3.05) is 0 Å². The van der Waals surface area contributed by atoms with E-state index in [4.69, 9.17) is 5.73 Å². The van der Waals surface area contributed by atoms with E-state index in [1.165, 1.54) is 6.07 Å². The number of carbonyl (C=O) groups excluding carboxylic acids is 1. The van der Waals surface area contributed by atoms with Crippen LogP contribution in [0.1, 0.15) is 22.1 Å². The van der Waals surface area contributed by atoms with E-state index < -0.39 is 12.2 Å². The Morgan fingerprint density at radius 1 is 1.43 bits per heavy atom. The Morgan fingerprint density at radius 2 is 2.07 bits per heavy atom. The van der Waals surface area contributed by atoms with Gasteiger partial charge in [-0.15, -0.1) is 0 Å². The first-order valence-electron chi connectivity index (χ1n) is 3.68. The molecule has 0 saturated heterocycles. The molecular formula is C8H7F3N2O. The van der Waals surface area contributed by atoms with Gasteiger partial charge in [0, 0.05) is 6.20 Å². The second kappa shape index (κ2) is 3.75. The largest absolute Gasteiger partial charge is 0.407 e. The maximum absolute atomic E-state index is 12.1. The molecule has 2 N–H and O–H groups in total. The maximum Gasteiger partial charge on any atom is 0.407 e. The summed E-state index contributed by atoms with van der Waals surface area (Å²) in [5.74, 6) is 0. The minimum Gasteiger partial charge on any atom is -0.316 e. The van der Waals surface area contributed by atoms with Crippen molar-refractivity contribution < 1.29 is 18.0 Å². The molecule has 0 amide bonds. The second-order valence-corrected chi connectivity index (χ2v) is 2.65. The lowest BCUT2D eigenvalue weighted by atomic mass is 10.1. The van der Waals surface area contributed by atoms with Gasteiger partial charge in [0.1, 0.15) is 11.7 Å². The summed E-state index contributed by atoms with van der Waals surface area (Å²) in [6.07, 6.45) is -3.10. The highest BCUT2D eigenvalue weighted by atomic mass is 19.4. The Hall–Kier alpha value is -1.43. The fraction of sp³-hybridized carbons (Fsp3) is 0.250. The van der Waals surface area contributed by atoms with Gasteiger partial charge in [-0.05, 0) is 11.6 Å². The number of halogens is 3. The molecule has 0 radical (unpaired) electrons. The third kappa shape index (κ3) is 2.29. The summed E-state index contributed by atoms with van der Waals surface area (Å²) in [6.45, 7) is 0.